The van der Waals surface area contributed by atoms with Crippen LogP contribution in [0.25, 0.3) is 0 Å². The van der Waals surface area contributed by atoms with Crippen molar-refractivity contribution >= 4 is 12.4 Å². The average Bonchev–Trinajstić information content (AvgIpc) is 2.62. The molecule has 1 aromatic carbocycles. The summed E-state index contributed by atoms with van der Waals surface area (Å²) in [4.78, 5) is 0. The van der Waals surface area contributed by atoms with E-state index >= 15 is 0 Å². The van der Waals surface area contributed by atoms with Crippen LogP contribution in [0.3, 0.4) is 0 Å². The molecule has 0 aliphatic carbocycles. The molecule has 2 aliphatic rings. The van der Waals surface area contributed by atoms with E-state index in [0.717, 1.165) is 0 Å². The normalized spacial score (nSPS) is 27.9. The highest BCUT2D eigenvalue weighted by Crippen LogP contribution is 2.43. The molecular formula is C11H12ClN. The van der Waals surface area contributed by atoms with E-state index < -0.39 is 0 Å². The van der Waals surface area contributed by atoms with Gasteiger partial charge in [0.1, 0.15) is 0 Å². The van der Waals surface area contributed by atoms with Gasteiger partial charge in [0.2, 0.25) is 0 Å². The maximum absolute atomic E-state index is 3.55. The Morgan fingerprint density at radius 2 is 1.85 bits per heavy atom. The Kier molecular flexibility index (Phi) is 1.94. The predicted octanol–water partition coefficient (Wildman–Crippen LogP) is 2.75. The zero-order valence-electron chi connectivity index (χ0n) is 7.45. The predicted molar refractivity (Wildman–Crippen MR) is 56.1 cm³/mol. The van der Waals surface area contributed by atoms with Gasteiger partial charge in [0.15, 0.2) is 0 Å². The third-order valence-electron chi connectivity index (χ3n) is 2.87. The van der Waals surface area contributed by atoms with Crippen molar-refractivity contribution in [1.82, 2.24) is 5.32 Å². The zero-order valence-corrected chi connectivity index (χ0v) is 8.27. The van der Waals surface area contributed by atoms with Crippen LogP contribution in [0.1, 0.15) is 30.1 Å². The van der Waals surface area contributed by atoms with E-state index in [-0.39, 0.29) is 12.4 Å². The van der Waals surface area contributed by atoms with Crippen molar-refractivity contribution < 1.29 is 0 Å². The fraction of sp³-hybridized carbons (Fsp3) is 0.273. The number of hydrogen-bond donors (Lipinski definition) is 1. The molecule has 0 spiro atoms. The van der Waals surface area contributed by atoms with Crippen LogP contribution in [-0.2, 0) is 0 Å². The Morgan fingerprint density at radius 3 is 2.62 bits per heavy atom. The monoisotopic (exact) mass is 193 g/mol. The molecule has 0 amide bonds. The van der Waals surface area contributed by atoms with Crippen molar-refractivity contribution in [1.29, 1.82) is 0 Å². The second-order valence-electron chi connectivity index (χ2n) is 3.62. The first kappa shape index (κ1) is 8.79. The highest BCUT2D eigenvalue weighted by Gasteiger charge is 2.34. The molecule has 1 aromatic rings. The highest BCUT2D eigenvalue weighted by molar-refractivity contribution is 5.85. The minimum atomic E-state index is 0. The molecule has 2 bridgehead atoms. The van der Waals surface area contributed by atoms with Crippen LogP contribution in [0.4, 0.5) is 0 Å². The minimum absolute atomic E-state index is 0. The van der Waals surface area contributed by atoms with Gasteiger partial charge in [-0.15, -0.1) is 12.4 Å². The molecule has 2 unspecified atom stereocenters. The number of halogens is 1. The topological polar surface area (TPSA) is 12.0 Å². The molecule has 2 aliphatic heterocycles. The lowest BCUT2D eigenvalue weighted by Crippen LogP contribution is -2.08. The number of nitrogens with one attached hydrogen (secondary N) is 1. The van der Waals surface area contributed by atoms with Gasteiger partial charge in [-0.05, 0) is 18.1 Å². The summed E-state index contributed by atoms with van der Waals surface area (Å²) in [5, 5.41) is 3.55. The summed E-state index contributed by atoms with van der Waals surface area (Å²) in [6, 6.07) is 9.68. The van der Waals surface area contributed by atoms with Gasteiger partial charge in [-0.1, -0.05) is 35.9 Å². The molecule has 68 valence electrons. The molecule has 3 rings (SSSR count). The summed E-state index contributed by atoms with van der Waals surface area (Å²) in [5.41, 5.74) is 4.41. The van der Waals surface area contributed by atoms with Crippen molar-refractivity contribution in [2.45, 2.75) is 19.0 Å². The van der Waals surface area contributed by atoms with Crippen molar-refractivity contribution in [3.63, 3.8) is 0 Å². The smallest absolute Gasteiger partial charge is 0.0544 e. The molecule has 1 nitrogen and oxygen atoms in total. The SMILES string of the molecule is CC1=CC2NC1c1ccccc12.Cl. The number of benzene rings is 1. The van der Waals surface area contributed by atoms with Crippen LogP contribution in [0.5, 0.6) is 0 Å². The molecule has 0 radical (unpaired) electrons. The van der Waals surface area contributed by atoms with Gasteiger partial charge in [0.25, 0.3) is 0 Å². The van der Waals surface area contributed by atoms with E-state index in [4.69, 9.17) is 0 Å². The number of fused-ring (bicyclic) bond motifs is 5. The quantitative estimate of drug-likeness (QED) is 0.625. The summed E-state index contributed by atoms with van der Waals surface area (Å²) < 4.78 is 0. The Bertz CT molecular complexity index is 370. The maximum atomic E-state index is 3.55. The van der Waals surface area contributed by atoms with Gasteiger partial charge in [-0.25, -0.2) is 0 Å². The standard InChI is InChI=1S/C11H11N.ClH/c1-7-6-10-8-4-2-3-5-9(8)11(7)12-10;/h2-6,10-12H,1H3;1H. The number of hydrogen-bond acceptors (Lipinski definition) is 1. The fourth-order valence-electron chi connectivity index (χ4n) is 2.29. The third-order valence-corrected chi connectivity index (χ3v) is 2.87. The first-order valence-electron chi connectivity index (χ1n) is 4.39. The van der Waals surface area contributed by atoms with E-state index in [1.165, 1.54) is 16.7 Å². The molecule has 0 aromatic heterocycles. The van der Waals surface area contributed by atoms with Crippen molar-refractivity contribution in [3.8, 4) is 0 Å². The van der Waals surface area contributed by atoms with E-state index in [1.54, 1.807) is 0 Å². The van der Waals surface area contributed by atoms with E-state index in [0.29, 0.717) is 12.1 Å². The van der Waals surface area contributed by atoms with Crippen molar-refractivity contribution in [2.75, 3.05) is 0 Å². The molecule has 0 saturated carbocycles. The van der Waals surface area contributed by atoms with Crippen LogP contribution in [0.15, 0.2) is 35.9 Å². The summed E-state index contributed by atoms with van der Waals surface area (Å²) in [6.45, 7) is 2.20. The van der Waals surface area contributed by atoms with Crippen LogP contribution in [0.2, 0.25) is 0 Å². The summed E-state index contributed by atoms with van der Waals surface area (Å²) >= 11 is 0. The van der Waals surface area contributed by atoms with E-state index in [2.05, 4.69) is 42.6 Å². The first-order valence-corrected chi connectivity index (χ1v) is 4.39. The summed E-state index contributed by atoms with van der Waals surface area (Å²) in [5.74, 6) is 0. The largest absolute Gasteiger partial charge is 0.296 e. The van der Waals surface area contributed by atoms with Gasteiger partial charge in [-0.3, -0.25) is 5.32 Å². The number of rotatable bonds is 0. The lowest BCUT2D eigenvalue weighted by molar-refractivity contribution is 0.659. The Labute approximate surface area is 84.3 Å². The molecule has 0 fully saturated rings. The minimum Gasteiger partial charge on any atom is -0.296 e. The molecular weight excluding hydrogens is 182 g/mol. The molecule has 2 heterocycles. The Balaban J connectivity index is 0.000000653. The highest BCUT2D eigenvalue weighted by atomic mass is 35.5. The molecule has 1 N–H and O–H groups in total. The van der Waals surface area contributed by atoms with Crippen molar-refractivity contribution in [3.05, 3.63) is 47.0 Å². The summed E-state index contributed by atoms with van der Waals surface area (Å²) in [6.07, 6.45) is 2.33. The van der Waals surface area contributed by atoms with Gasteiger partial charge in [0.05, 0.1) is 12.1 Å². The van der Waals surface area contributed by atoms with E-state index in [1.807, 2.05) is 0 Å². The Hall–Kier alpha value is -0.790. The molecule has 2 atom stereocenters. The molecule has 13 heavy (non-hydrogen) atoms. The van der Waals surface area contributed by atoms with E-state index in [9.17, 15) is 0 Å². The summed E-state index contributed by atoms with van der Waals surface area (Å²) in [7, 11) is 0. The van der Waals surface area contributed by atoms with Crippen LogP contribution in [0, 0.1) is 0 Å². The lowest BCUT2D eigenvalue weighted by Gasteiger charge is -2.11. The second kappa shape index (κ2) is 2.86. The zero-order chi connectivity index (χ0) is 8.13. The van der Waals surface area contributed by atoms with Crippen LogP contribution in [-0.4, -0.2) is 0 Å². The molecule has 2 heteroatoms. The van der Waals surface area contributed by atoms with Gasteiger partial charge < -0.3 is 0 Å². The lowest BCUT2D eigenvalue weighted by atomic mass is 9.92. The first-order chi connectivity index (χ1) is 5.86. The van der Waals surface area contributed by atoms with Crippen LogP contribution >= 0.6 is 12.4 Å². The second-order valence-corrected chi connectivity index (χ2v) is 3.62. The van der Waals surface area contributed by atoms with Crippen LogP contribution < -0.4 is 5.32 Å². The van der Waals surface area contributed by atoms with Gasteiger partial charge in [0, 0.05) is 0 Å². The fourth-order valence-corrected chi connectivity index (χ4v) is 2.29. The maximum Gasteiger partial charge on any atom is 0.0544 e. The van der Waals surface area contributed by atoms with Gasteiger partial charge >= 0.3 is 0 Å². The third kappa shape index (κ3) is 1.04. The average molecular weight is 194 g/mol. The Morgan fingerprint density at radius 1 is 1.15 bits per heavy atom. The molecule has 0 saturated heterocycles. The van der Waals surface area contributed by atoms with Crippen molar-refractivity contribution in [2.24, 2.45) is 0 Å². The van der Waals surface area contributed by atoms with Gasteiger partial charge in [-0.2, -0.15) is 0 Å².